The van der Waals surface area contributed by atoms with Crippen molar-refractivity contribution >= 4 is 28.5 Å². The summed E-state index contributed by atoms with van der Waals surface area (Å²) in [5.74, 6) is -0.0378. The Bertz CT molecular complexity index is 128. The lowest BCUT2D eigenvalue weighted by molar-refractivity contribution is -0.119. The van der Waals surface area contributed by atoms with E-state index in [-0.39, 0.29) is 18.4 Å². The molecule has 3 nitrogen and oxygen atoms in total. The normalized spacial score (nSPS) is 34.7. The van der Waals surface area contributed by atoms with E-state index < -0.39 is 6.10 Å². The van der Waals surface area contributed by atoms with E-state index in [0.717, 1.165) is 4.43 Å². The van der Waals surface area contributed by atoms with Gasteiger partial charge in [-0.1, -0.05) is 22.6 Å². The van der Waals surface area contributed by atoms with Crippen LogP contribution in [0.15, 0.2) is 0 Å². The second-order valence-electron chi connectivity index (χ2n) is 2.10. The number of alkyl halides is 1. The molecule has 1 saturated heterocycles. The molecule has 1 aliphatic heterocycles. The zero-order valence-corrected chi connectivity index (χ0v) is 6.96. The SMILES string of the molecule is O=C1C[C@H](O)[C@H](CI)N1. The minimum absolute atomic E-state index is 0.0156. The molecule has 0 saturated carbocycles. The predicted octanol–water partition coefficient (Wildman–Crippen LogP) is -0.329. The van der Waals surface area contributed by atoms with Crippen LogP contribution in [0.2, 0.25) is 0 Å². The standard InChI is InChI=1S/C5H8INO2/c6-2-3-4(8)1-5(9)7-3/h3-4,8H,1-2H2,(H,7,9)/t3-,4-/m0/s1. The average Bonchev–Trinajstić information content (AvgIpc) is 2.10. The molecule has 9 heavy (non-hydrogen) atoms. The summed E-state index contributed by atoms with van der Waals surface area (Å²) in [6, 6.07) is -0.0156. The fourth-order valence-electron chi connectivity index (χ4n) is 0.836. The third-order valence-corrected chi connectivity index (χ3v) is 2.32. The number of carbonyl (C=O) groups is 1. The Morgan fingerprint density at radius 3 is 2.78 bits per heavy atom. The fourth-order valence-corrected chi connectivity index (χ4v) is 1.64. The van der Waals surface area contributed by atoms with Crippen molar-refractivity contribution in [2.24, 2.45) is 0 Å². The lowest BCUT2D eigenvalue weighted by Crippen LogP contribution is -2.32. The van der Waals surface area contributed by atoms with Crippen molar-refractivity contribution in [2.75, 3.05) is 4.43 Å². The molecule has 0 bridgehead atoms. The first-order valence-electron chi connectivity index (χ1n) is 2.77. The Hall–Kier alpha value is 0.160. The third-order valence-electron chi connectivity index (χ3n) is 1.37. The number of aliphatic hydroxyl groups is 1. The highest BCUT2D eigenvalue weighted by Crippen LogP contribution is 2.09. The van der Waals surface area contributed by atoms with Crippen molar-refractivity contribution in [3.8, 4) is 0 Å². The predicted molar refractivity (Wildman–Crippen MR) is 41.4 cm³/mol. The Morgan fingerprint density at radius 1 is 1.89 bits per heavy atom. The highest BCUT2D eigenvalue weighted by molar-refractivity contribution is 14.1. The van der Waals surface area contributed by atoms with Gasteiger partial charge in [-0.15, -0.1) is 0 Å². The largest absolute Gasteiger partial charge is 0.390 e. The quantitative estimate of drug-likeness (QED) is 0.488. The molecule has 0 unspecified atom stereocenters. The van der Waals surface area contributed by atoms with Crippen LogP contribution in [0.4, 0.5) is 0 Å². The third kappa shape index (κ3) is 1.54. The number of aliphatic hydroxyl groups excluding tert-OH is 1. The average molecular weight is 241 g/mol. The van der Waals surface area contributed by atoms with Crippen molar-refractivity contribution in [3.05, 3.63) is 0 Å². The molecule has 1 rings (SSSR count). The maximum atomic E-state index is 10.5. The summed E-state index contributed by atoms with van der Waals surface area (Å²) in [6.07, 6.45) is -0.192. The van der Waals surface area contributed by atoms with Crippen molar-refractivity contribution < 1.29 is 9.90 Å². The number of amides is 1. The number of halogens is 1. The van der Waals surface area contributed by atoms with E-state index in [4.69, 9.17) is 5.11 Å². The van der Waals surface area contributed by atoms with Crippen LogP contribution >= 0.6 is 22.6 Å². The first-order valence-corrected chi connectivity index (χ1v) is 4.30. The van der Waals surface area contributed by atoms with Crippen LogP contribution in [-0.4, -0.2) is 27.6 Å². The lowest BCUT2D eigenvalue weighted by Gasteiger charge is -2.08. The zero-order chi connectivity index (χ0) is 6.85. The molecule has 4 heteroatoms. The molecule has 0 aliphatic carbocycles. The number of hydrogen-bond acceptors (Lipinski definition) is 2. The molecule has 52 valence electrons. The molecule has 1 fully saturated rings. The molecule has 0 aromatic heterocycles. The zero-order valence-electron chi connectivity index (χ0n) is 4.80. The van der Waals surface area contributed by atoms with Gasteiger partial charge in [0.2, 0.25) is 5.91 Å². The van der Waals surface area contributed by atoms with Crippen LogP contribution in [0.5, 0.6) is 0 Å². The molecule has 0 aromatic rings. The van der Waals surface area contributed by atoms with E-state index in [1.807, 2.05) is 0 Å². The van der Waals surface area contributed by atoms with Crippen LogP contribution < -0.4 is 5.32 Å². The van der Waals surface area contributed by atoms with Crippen LogP contribution in [-0.2, 0) is 4.79 Å². The van der Waals surface area contributed by atoms with Gasteiger partial charge in [0, 0.05) is 4.43 Å². The summed E-state index contributed by atoms with van der Waals surface area (Å²) < 4.78 is 0.782. The van der Waals surface area contributed by atoms with Gasteiger partial charge < -0.3 is 10.4 Å². The van der Waals surface area contributed by atoms with E-state index in [9.17, 15) is 4.79 Å². The molecule has 2 N–H and O–H groups in total. The molecule has 2 atom stereocenters. The van der Waals surface area contributed by atoms with Crippen molar-refractivity contribution in [1.29, 1.82) is 0 Å². The fraction of sp³-hybridized carbons (Fsp3) is 0.800. The van der Waals surface area contributed by atoms with E-state index >= 15 is 0 Å². The first kappa shape index (κ1) is 7.27. The summed E-state index contributed by atoms with van der Waals surface area (Å²) in [5, 5.41) is 11.7. The van der Waals surface area contributed by atoms with E-state index in [1.165, 1.54) is 0 Å². The second-order valence-corrected chi connectivity index (χ2v) is 2.98. The smallest absolute Gasteiger partial charge is 0.223 e. The van der Waals surface area contributed by atoms with Gasteiger partial charge in [-0.05, 0) is 0 Å². The molecular formula is C5H8INO2. The summed E-state index contributed by atoms with van der Waals surface area (Å²) in [7, 11) is 0. The van der Waals surface area contributed by atoms with E-state index in [0.29, 0.717) is 0 Å². The summed E-state index contributed by atoms with van der Waals surface area (Å²) in [4.78, 5) is 10.5. The van der Waals surface area contributed by atoms with Crippen LogP contribution in [0.3, 0.4) is 0 Å². The molecule has 0 radical (unpaired) electrons. The highest BCUT2D eigenvalue weighted by atomic mass is 127. The van der Waals surface area contributed by atoms with Gasteiger partial charge in [0.1, 0.15) is 0 Å². The van der Waals surface area contributed by atoms with Gasteiger partial charge in [-0.3, -0.25) is 4.79 Å². The topological polar surface area (TPSA) is 49.3 Å². The van der Waals surface area contributed by atoms with Crippen LogP contribution in [0, 0.1) is 0 Å². The Balaban J connectivity index is 2.47. The highest BCUT2D eigenvalue weighted by Gasteiger charge is 2.29. The maximum Gasteiger partial charge on any atom is 0.223 e. The minimum Gasteiger partial charge on any atom is -0.390 e. The van der Waals surface area contributed by atoms with E-state index in [2.05, 4.69) is 27.9 Å². The number of hydrogen-bond donors (Lipinski definition) is 2. The molecule has 0 aromatic carbocycles. The molecule has 1 heterocycles. The molecule has 1 amide bonds. The second kappa shape index (κ2) is 2.83. The summed E-state index contributed by atoms with van der Waals surface area (Å²) in [6.45, 7) is 0. The summed E-state index contributed by atoms with van der Waals surface area (Å²) in [5.41, 5.74) is 0. The van der Waals surface area contributed by atoms with Gasteiger partial charge in [0.15, 0.2) is 0 Å². The number of carbonyl (C=O) groups excluding carboxylic acids is 1. The van der Waals surface area contributed by atoms with Crippen molar-refractivity contribution in [2.45, 2.75) is 18.6 Å². The summed E-state index contributed by atoms with van der Waals surface area (Å²) >= 11 is 2.14. The van der Waals surface area contributed by atoms with Gasteiger partial charge in [0.25, 0.3) is 0 Å². The van der Waals surface area contributed by atoms with Crippen molar-refractivity contribution in [1.82, 2.24) is 5.32 Å². The lowest BCUT2D eigenvalue weighted by atomic mass is 10.2. The van der Waals surface area contributed by atoms with Crippen LogP contribution in [0.25, 0.3) is 0 Å². The minimum atomic E-state index is -0.464. The molecule has 1 aliphatic rings. The monoisotopic (exact) mass is 241 g/mol. The van der Waals surface area contributed by atoms with Crippen molar-refractivity contribution in [3.63, 3.8) is 0 Å². The Kier molecular flexibility index (Phi) is 2.29. The van der Waals surface area contributed by atoms with Gasteiger partial charge in [-0.25, -0.2) is 0 Å². The van der Waals surface area contributed by atoms with Gasteiger partial charge in [0.05, 0.1) is 18.6 Å². The maximum absolute atomic E-state index is 10.5. The Labute approximate surface area is 67.0 Å². The van der Waals surface area contributed by atoms with E-state index in [1.54, 1.807) is 0 Å². The van der Waals surface area contributed by atoms with Gasteiger partial charge >= 0.3 is 0 Å². The van der Waals surface area contributed by atoms with Crippen LogP contribution in [0.1, 0.15) is 6.42 Å². The first-order chi connectivity index (χ1) is 4.24. The molecular weight excluding hydrogens is 233 g/mol. The number of rotatable bonds is 1. The molecule has 0 spiro atoms. The Morgan fingerprint density at radius 2 is 2.56 bits per heavy atom. The number of nitrogens with one attached hydrogen (secondary N) is 1. The van der Waals surface area contributed by atoms with Gasteiger partial charge in [-0.2, -0.15) is 0 Å².